The quantitative estimate of drug-likeness (QED) is 0.0261. The first-order valence-corrected chi connectivity index (χ1v) is 31.4. The molecule has 6 nitrogen and oxygen atoms in total. The van der Waals surface area contributed by atoms with Gasteiger partial charge in [-0.2, -0.15) is 0 Å². The Morgan fingerprint density at radius 2 is 0.493 bits per heavy atom. The molecule has 0 saturated heterocycles. The minimum Gasteiger partial charge on any atom is -0.462 e. The highest BCUT2D eigenvalue weighted by molar-refractivity contribution is 5.71. The van der Waals surface area contributed by atoms with Gasteiger partial charge in [-0.15, -0.1) is 0 Å². The Labute approximate surface area is 453 Å². The fraction of sp³-hybridized carbons (Fsp3) is 0.776. The van der Waals surface area contributed by atoms with Crippen LogP contribution in [0, 0.1) is 0 Å². The molecule has 0 spiro atoms. The first-order valence-electron chi connectivity index (χ1n) is 31.4. The van der Waals surface area contributed by atoms with Gasteiger partial charge < -0.3 is 14.2 Å². The Balaban J connectivity index is 4.39. The van der Waals surface area contributed by atoms with Crippen LogP contribution in [-0.4, -0.2) is 37.2 Å². The second kappa shape index (κ2) is 61.4. The molecule has 0 heterocycles. The van der Waals surface area contributed by atoms with E-state index in [0.29, 0.717) is 19.3 Å². The van der Waals surface area contributed by atoms with Crippen molar-refractivity contribution in [2.45, 2.75) is 322 Å². The second-order valence-electron chi connectivity index (χ2n) is 21.0. The molecular formula is C67H118O6. The van der Waals surface area contributed by atoms with Crippen molar-refractivity contribution in [3.63, 3.8) is 0 Å². The topological polar surface area (TPSA) is 78.9 Å². The number of hydrogen-bond acceptors (Lipinski definition) is 6. The van der Waals surface area contributed by atoms with Gasteiger partial charge in [0, 0.05) is 19.3 Å². The molecule has 0 unspecified atom stereocenters. The minimum atomic E-state index is -0.784. The van der Waals surface area contributed by atoms with Crippen LogP contribution in [0.1, 0.15) is 316 Å². The van der Waals surface area contributed by atoms with Gasteiger partial charge in [-0.05, 0) is 116 Å². The average molecular weight is 1020 g/mol. The van der Waals surface area contributed by atoms with Crippen LogP contribution in [0.2, 0.25) is 0 Å². The zero-order valence-corrected chi connectivity index (χ0v) is 48.4. The molecule has 0 N–H and O–H groups in total. The molecule has 73 heavy (non-hydrogen) atoms. The summed E-state index contributed by atoms with van der Waals surface area (Å²) in [5, 5.41) is 0. The molecule has 0 amide bonds. The number of esters is 3. The zero-order valence-electron chi connectivity index (χ0n) is 48.4. The van der Waals surface area contributed by atoms with E-state index in [9.17, 15) is 14.4 Å². The van der Waals surface area contributed by atoms with E-state index in [1.54, 1.807) is 0 Å². The van der Waals surface area contributed by atoms with Gasteiger partial charge >= 0.3 is 17.9 Å². The molecule has 0 aromatic rings. The SMILES string of the molecule is CCCCC/C=C\C/C=C\CCCCCCCCCCCC(=O)OC[C@@H](COC(=O)CCCCCCCCC/C=C\C/C=C\CCCCC)OC(=O)CCCCCCCCCCC/C=C\C/C=C\CCCCC. The van der Waals surface area contributed by atoms with Crippen LogP contribution in [0.5, 0.6) is 0 Å². The number of rotatable bonds is 57. The molecule has 0 aromatic heterocycles. The Morgan fingerprint density at radius 1 is 0.274 bits per heavy atom. The third kappa shape index (κ3) is 59.6. The number of allylic oxidation sites excluding steroid dienone is 12. The lowest BCUT2D eigenvalue weighted by Gasteiger charge is -2.18. The number of carbonyl (C=O) groups is 3. The maximum atomic E-state index is 12.9. The molecule has 422 valence electrons. The summed E-state index contributed by atoms with van der Waals surface area (Å²) in [5.41, 5.74) is 0. The maximum absolute atomic E-state index is 12.9. The van der Waals surface area contributed by atoms with Crippen molar-refractivity contribution in [1.29, 1.82) is 0 Å². The fourth-order valence-corrected chi connectivity index (χ4v) is 8.89. The van der Waals surface area contributed by atoms with E-state index in [4.69, 9.17) is 14.2 Å². The first kappa shape index (κ1) is 69.8. The van der Waals surface area contributed by atoms with Crippen LogP contribution in [-0.2, 0) is 28.6 Å². The van der Waals surface area contributed by atoms with Gasteiger partial charge in [0.25, 0.3) is 0 Å². The summed E-state index contributed by atoms with van der Waals surface area (Å²) in [6.07, 6.45) is 78.9. The number of hydrogen-bond donors (Lipinski definition) is 0. The number of ether oxygens (including phenoxy) is 3. The lowest BCUT2D eigenvalue weighted by Crippen LogP contribution is -2.30. The van der Waals surface area contributed by atoms with Crippen LogP contribution in [0.15, 0.2) is 72.9 Å². The van der Waals surface area contributed by atoms with E-state index in [2.05, 4.69) is 93.7 Å². The highest BCUT2D eigenvalue weighted by Gasteiger charge is 2.19. The van der Waals surface area contributed by atoms with Crippen molar-refractivity contribution in [3.8, 4) is 0 Å². The molecule has 0 radical (unpaired) electrons. The van der Waals surface area contributed by atoms with E-state index in [-0.39, 0.29) is 31.1 Å². The zero-order chi connectivity index (χ0) is 52.9. The molecule has 0 aliphatic rings. The van der Waals surface area contributed by atoms with Crippen LogP contribution >= 0.6 is 0 Å². The van der Waals surface area contributed by atoms with Crippen LogP contribution in [0.25, 0.3) is 0 Å². The summed E-state index contributed by atoms with van der Waals surface area (Å²) < 4.78 is 16.9. The normalized spacial score (nSPS) is 12.5. The predicted octanol–water partition coefficient (Wildman–Crippen LogP) is 21.3. The van der Waals surface area contributed by atoms with Crippen molar-refractivity contribution in [2.75, 3.05) is 13.2 Å². The van der Waals surface area contributed by atoms with E-state index in [1.807, 2.05) is 0 Å². The number of carbonyl (C=O) groups excluding carboxylic acids is 3. The van der Waals surface area contributed by atoms with Gasteiger partial charge in [0.15, 0.2) is 6.10 Å². The third-order valence-electron chi connectivity index (χ3n) is 13.7. The maximum Gasteiger partial charge on any atom is 0.306 e. The Morgan fingerprint density at radius 3 is 0.753 bits per heavy atom. The van der Waals surface area contributed by atoms with Gasteiger partial charge in [0.2, 0.25) is 0 Å². The number of unbranched alkanes of at least 4 members (excludes halogenated alkanes) is 34. The van der Waals surface area contributed by atoms with E-state index in [1.165, 1.54) is 193 Å². The molecular weight excluding hydrogens is 901 g/mol. The molecule has 0 aromatic carbocycles. The van der Waals surface area contributed by atoms with Crippen molar-refractivity contribution in [3.05, 3.63) is 72.9 Å². The van der Waals surface area contributed by atoms with Gasteiger partial charge in [-0.25, -0.2) is 0 Å². The monoisotopic (exact) mass is 1020 g/mol. The van der Waals surface area contributed by atoms with E-state index < -0.39 is 6.10 Å². The van der Waals surface area contributed by atoms with Crippen molar-refractivity contribution in [2.24, 2.45) is 0 Å². The highest BCUT2D eigenvalue weighted by Crippen LogP contribution is 2.16. The predicted molar refractivity (Wildman–Crippen MR) is 316 cm³/mol. The molecule has 0 saturated carbocycles. The standard InChI is InChI=1S/C67H118O6/c1-4-7-10-13-16-19-22-25-28-31-33-36-39-42-45-48-51-54-57-60-66(69)72-63-64(62-71-65(68)59-56-53-50-47-44-41-38-35-30-27-24-21-18-15-12-9-6-3)73-67(70)61-58-55-52-49-46-43-40-37-34-32-29-26-23-20-17-14-11-8-5-2/h16-21,25-30,64H,4-15,22-24,31-63H2,1-3H3/b19-16-,20-17-,21-18-,28-25-,29-26-,30-27-/t64-/m1/s1. The summed E-state index contributed by atoms with van der Waals surface area (Å²) in [4.78, 5) is 38.3. The van der Waals surface area contributed by atoms with Crippen LogP contribution in [0.4, 0.5) is 0 Å². The van der Waals surface area contributed by atoms with Gasteiger partial charge in [0.05, 0.1) is 0 Å². The molecule has 0 rings (SSSR count). The highest BCUT2D eigenvalue weighted by atomic mass is 16.6. The summed E-state index contributed by atoms with van der Waals surface area (Å²) >= 11 is 0. The van der Waals surface area contributed by atoms with Gasteiger partial charge in [0.1, 0.15) is 13.2 Å². The van der Waals surface area contributed by atoms with E-state index in [0.717, 1.165) is 83.5 Å². The molecule has 6 heteroatoms. The van der Waals surface area contributed by atoms with Gasteiger partial charge in [-0.1, -0.05) is 254 Å². The Hall–Kier alpha value is -3.15. The molecule has 0 bridgehead atoms. The van der Waals surface area contributed by atoms with Crippen LogP contribution < -0.4 is 0 Å². The average Bonchev–Trinajstić information content (AvgIpc) is 3.39. The molecule has 1 atom stereocenters. The van der Waals surface area contributed by atoms with Gasteiger partial charge in [-0.3, -0.25) is 14.4 Å². The largest absolute Gasteiger partial charge is 0.462 e. The minimum absolute atomic E-state index is 0.0807. The van der Waals surface area contributed by atoms with Crippen LogP contribution in [0.3, 0.4) is 0 Å². The summed E-state index contributed by atoms with van der Waals surface area (Å²) in [6.45, 7) is 6.59. The van der Waals surface area contributed by atoms with Crippen molar-refractivity contribution >= 4 is 17.9 Å². The summed E-state index contributed by atoms with van der Waals surface area (Å²) in [7, 11) is 0. The fourth-order valence-electron chi connectivity index (χ4n) is 8.89. The van der Waals surface area contributed by atoms with Crippen molar-refractivity contribution < 1.29 is 28.6 Å². The van der Waals surface area contributed by atoms with E-state index >= 15 is 0 Å². The lowest BCUT2D eigenvalue weighted by atomic mass is 10.1. The molecule has 0 fully saturated rings. The smallest absolute Gasteiger partial charge is 0.306 e. The summed E-state index contributed by atoms with van der Waals surface area (Å²) in [6, 6.07) is 0. The molecule has 0 aliphatic carbocycles. The first-order chi connectivity index (χ1) is 36.0. The molecule has 0 aliphatic heterocycles. The Bertz CT molecular complexity index is 1360. The second-order valence-corrected chi connectivity index (χ2v) is 21.0. The Kier molecular flexibility index (Phi) is 58.7. The third-order valence-corrected chi connectivity index (χ3v) is 13.7. The van der Waals surface area contributed by atoms with Crippen molar-refractivity contribution in [1.82, 2.24) is 0 Å². The lowest BCUT2D eigenvalue weighted by molar-refractivity contribution is -0.167. The summed E-state index contributed by atoms with van der Waals surface area (Å²) in [5.74, 6) is -0.883.